The van der Waals surface area contributed by atoms with Gasteiger partial charge in [-0.05, 0) is 6.08 Å². The predicted octanol–water partition coefficient (Wildman–Crippen LogP) is 0.436. The molecule has 0 radical (unpaired) electrons. The summed E-state index contributed by atoms with van der Waals surface area (Å²) in [5.41, 5.74) is 0. The van der Waals surface area contributed by atoms with Crippen LogP contribution in [0.3, 0.4) is 0 Å². The van der Waals surface area contributed by atoms with Gasteiger partial charge in [0.05, 0.1) is 0 Å². The van der Waals surface area contributed by atoms with Crippen LogP contribution in [-0.4, -0.2) is 25.0 Å². The van der Waals surface area contributed by atoms with Gasteiger partial charge in [-0.1, -0.05) is 0 Å². The van der Waals surface area contributed by atoms with Crippen LogP contribution >= 0.6 is 0 Å². The number of hydrogen-bond acceptors (Lipinski definition) is 6. The van der Waals surface area contributed by atoms with Gasteiger partial charge in [-0.15, -0.1) is 0 Å². The zero-order valence-corrected chi connectivity index (χ0v) is 8.54. The first-order valence-electron chi connectivity index (χ1n) is 4.46. The van der Waals surface area contributed by atoms with E-state index in [1.165, 1.54) is 19.1 Å². The lowest BCUT2D eigenvalue weighted by Gasteiger charge is -2.18. The molecular weight excluding hydrogens is 216 g/mol. The fraction of sp³-hybridized carbons (Fsp3) is 0.300. The Morgan fingerprint density at radius 3 is 2.75 bits per heavy atom. The van der Waals surface area contributed by atoms with Gasteiger partial charge in [0.1, 0.15) is 17.6 Å². The third-order valence-corrected chi connectivity index (χ3v) is 1.75. The molecule has 0 saturated heterocycles. The van der Waals surface area contributed by atoms with Crippen LogP contribution in [0.2, 0.25) is 0 Å². The Balaban J connectivity index is 2.77. The minimum Gasteiger partial charge on any atom is -0.460 e. The minimum atomic E-state index is -0.605. The summed E-state index contributed by atoms with van der Waals surface area (Å²) in [5.74, 6) is -0.0495. The molecule has 0 aromatic carbocycles. The van der Waals surface area contributed by atoms with Crippen molar-refractivity contribution in [2.75, 3.05) is 0 Å². The fourth-order valence-electron chi connectivity index (χ4n) is 1.25. The molecule has 1 aliphatic carbocycles. The van der Waals surface area contributed by atoms with Crippen molar-refractivity contribution < 1.29 is 28.6 Å². The first kappa shape index (κ1) is 12.0. The Labute approximate surface area is 91.5 Å². The first-order valence-corrected chi connectivity index (χ1v) is 4.46. The van der Waals surface area contributed by atoms with E-state index in [9.17, 15) is 14.4 Å². The van der Waals surface area contributed by atoms with Crippen molar-refractivity contribution in [3.63, 3.8) is 0 Å². The first-order chi connectivity index (χ1) is 7.65. The maximum atomic E-state index is 10.7. The van der Waals surface area contributed by atoms with E-state index < -0.39 is 12.1 Å². The van der Waals surface area contributed by atoms with Gasteiger partial charge >= 0.3 is 5.97 Å². The quantitative estimate of drug-likeness (QED) is 0.384. The predicted molar refractivity (Wildman–Crippen MR) is 50.6 cm³/mol. The molecule has 0 spiro atoms. The lowest BCUT2D eigenvalue weighted by Crippen LogP contribution is -2.17. The number of ether oxygens (including phenoxy) is 3. The molecule has 0 aromatic rings. The molecule has 6 nitrogen and oxygen atoms in total. The van der Waals surface area contributed by atoms with E-state index in [0.29, 0.717) is 0 Å². The van der Waals surface area contributed by atoms with Crippen LogP contribution in [0.25, 0.3) is 0 Å². The molecule has 6 heteroatoms. The number of hydrogen-bond donors (Lipinski definition) is 0. The molecule has 1 rings (SSSR count). The van der Waals surface area contributed by atoms with Crippen LogP contribution in [0.1, 0.15) is 13.3 Å². The largest absolute Gasteiger partial charge is 0.460 e. The summed E-state index contributed by atoms with van der Waals surface area (Å²) in [6, 6.07) is 0. The van der Waals surface area contributed by atoms with Gasteiger partial charge in [0.25, 0.3) is 12.9 Å². The highest BCUT2D eigenvalue weighted by molar-refractivity contribution is 5.67. The standard InChI is InChI=1S/C10H10O6/c1-7(13)16-10-3-8(14-5-11)2-9(4-10)15-6-12/h2-3,5-6,9H,4H2,1H3. The van der Waals surface area contributed by atoms with Crippen LogP contribution in [0.4, 0.5) is 0 Å². The molecule has 1 unspecified atom stereocenters. The fourth-order valence-corrected chi connectivity index (χ4v) is 1.25. The molecule has 0 aromatic heterocycles. The van der Waals surface area contributed by atoms with E-state index in [-0.39, 0.29) is 30.9 Å². The van der Waals surface area contributed by atoms with E-state index in [1.54, 1.807) is 0 Å². The Kier molecular flexibility index (Phi) is 4.26. The summed E-state index contributed by atoms with van der Waals surface area (Å²) in [6.45, 7) is 1.75. The number of allylic oxidation sites excluding steroid dienone is 1. The topological polar surface area (TPSA) is 78.9 Å². The molecule has 16 heavy (non-hydrogen) atoms. The van der Waals surface area contributed by atoms with Crippen LogP contribution in [0, 0.1) is 0 Å². The molecule has 0 bridgehead atoms. The zero-order chi connectivity index (χ0) is 12.0. The van der Waals surface area contributed by atoms with E-state index in [1.807, 2.05) is 0 Å². The van der Waals surface area contributed by atoms with E-state index in [4.69, 9.17) is 4.74 Å². The minimum absolute atomic E-state index is 0.171. The number of carbonyl (C=O) groups is 3. The van der Waals surface area contributed by atoms with Crippen LogP contribution < -0.4 is 0 Å². The SMILES string of the molecule is CC(=O)OC1=CC(OC=O)=CC(OC=O)C1. The second-order valence-electron chi connectivity index (χ2n) is 2.96. The van der Waals surface area contributed by atoms with Gasteiger partial charge in [0, 0.05) is 19.4 Å². The second kappa shape index (κ2) is 5.69. The maximum absolute atomic E-state index is 10.7. The monoisotopic (exact) mass is 226 g/mol. The molecule has 86 valence electrons. The normalized spacial score (nSPS) is 18.9. The Hall–Kier alpha value is -2.11. The summed E-state index contributed by atoms with van der Waals surface area (Å²) in [7, 11) is 0. The molecule has 1 atom stereocenters. The average Bonchev–Trinajstić information content (AvgIpc) is 2.17. The number of carbonyl (C=O) groups excluding carboxylic acids is 3. The van der Waals surface area contributed by atoms with Crippen molar-refractivity contribution in [2.24, 2.45) is 0 Å². The van der Waals surface area contributed by atoms with Crippen molar-refractivity contribution in [1.29, 1.82) is 0 Å². The van der Waals surface area contributed by atoms with Gasteiger partial charge in [-0.25, -0.2) is 0 Å². The van der Waals surface area contributed by atoms with Crippen molar-refractivity contribution in [1.82, 2.24) is 0 Å². The lowest BCUT2D eigenvalue weighted by atomic mass is 10.1. The van der Waals surface area contributed by atoms with E-state index in [2.05, 4.69) is 9.47 Å². The molecule has 0 N–H and O–H groups in total. The van der Waals surface area contributed by atoms with Crippen LogP contribution in [-0.2, 0) is 28.6 Å². The summed E-state index contributed by atoms with van der Waals surface area (Å²) < 4.78 is 14.1. The van der Waals surface area contributed by atoms with Crippen LogP contribution in [0.15, 0.2) is 23.7 Å². The molecule has 0 fully saturated rings. The third-order valence-electron chi connectivity index (χ3n) is 1.75. The highest BCUT2D eigenvalue weighted by Gasteiger charge is 2.19. The Bertz CT molecular complexity index is 354. The number of rotatable bonds is 5. The lowest BCUT2D eigenvalue weighted by molar-refractivity contribution is -0.137. The molecule has 0 amide bonds. The van der Waals surface area contributed by atoms with Crippen molar-refractivity contribution in [3.8, 4) is 0 Å². The van der Waals surface area contributed by atoms with Crippen molar-refractivity contribution >= 4 is 18.9 Å². The van der Waals surface area contributed by atoms with Gasteiger partial charge in [0.2, 0.25) is 0 Å². The maximum Gasteiger partial charge on any atom is 0.307 e. The zero-order valence-electron chi connectivity index (χ0n) is 8.54. The second-order valence-corrected chi connectivity index (χ2v) is 2.96. The van der Waals surface area contributed by atoms with Crippen molar-refractivity contribution in [3.05, 3.63) is 23.7 Å². The summed E-state index contributed by atoms with van der Waals surface area (Å²) in [6.07, 6.45) is 2.45. The van der Waals surface area contributed by atoms with Gasteiger partial charge in [-0.2, -0.15) is 0 Å². The van der Waals surface area contributed by atoms with Gasteiger partial charge < -0.3 is 14.2 Å². The Morgan fingerprint density at radius 1 is 1.44 bits per heavy atom. The summed E-state index contributed by atoms with van der Waals surface area (Å²) >= 11 is 0. The molecule has 0 saturated carbocycles. The van der Waals surface area contributed by atoms with E-state index in [0.717, 1.165) is 0 Å². The molecular formula is C10H10O6. The molecule has 1 aliphatic rings. The van der Waals surface area contributed by atoms with E-state index >= 15 is 0 Å². The van der Waals surface area contributed by atoms with Crippen molar-refractivity contribution in [2.45, 2.75) is 19.4 Å². The molecule has 0 aliphatic heterocycles. The average molecular weight is 226 g/mol. The Morgan fingerprint density at radius 2 is 2.19 bits per heavy atom. The smallest absolute Gasteiger partial charge is 0.307 e. The summed E-state index contributed by atoms with van der Waals surface area (Å²) in [4.78, 5) is 31.1. The summed E-state index contributed by atoms with van der Waals surface area (Å²) in [5, 5.41) is 0. The third kappa shape index (κ3) is 3.56. The highest BCUT2D eigenvalue weighted by atomic mass is 16.6. The highest BCUT2D eigenvalue weighted by Crippen LogP contribution is 2.21. The van der Waals surface area contributed by atoms with Gasteiger partial charge in [-0.3, -0.25) is 14.4 Å². The molecule has 0 heterocycles. The van der Waals surface area contributed by atoms with Crippen LogP contribution in [0.5, 0.6) is 0 Å². The number of esters is 1. The van der Waals surface area contributed by atoms with Gasteiger partial charge in [0.15, 0.2) is 0 Å².